The molecule has 20 heavy (non-hydrogen) atoms. The molecule has 1 atom stereocenters. The second-order valence-electron chi connectivity index (χ2n) is 5.35. The van der Waals surface area contributed by atoms with Gasteiger partial charge < -0.3 is 10.1 Å². The van der Waals surface area contributed by atoms with Crippen LogP contribution in [0.3, 0.4) is 0 Å². The van der Waals surface area contributed by atoms with E-state index in [1.807, 2.05) is 19.1 Å². The molecule has 0 aliphatic carbocycles. The number of hydrogen-bond donors (Lipinski definition) is 1. The Balaban J connectivity index is 1.80. The van der Waals surface area contributed by atoms with Crippen LogP contribution < -0.4 is 10.1 Å². The number of ether oxygens (including phenoxy) is 1. The van der Waals surface area contributed by atoms with E-state index in [2.05, 4.69) is 24.4 Å². The molecule has 0 saturated carbocycles. The second-order valence-corrected chi connectivity index (χ2v) is 5.35. The van der Waals surface area contributed by atoms with Crippen LogP contribution in [0.1, 0.15) is 29.7 Å². The van der Waals surface area contributed by atoms with Crippen molar-refractivity contribution < 1.29 is 9.13 Å². The molecule has 0 spiro atoms. The van der Waals surface area contributed by atoms with Gasteiger partial charge in [-0.25, -0.2) is 4.39 Å². The van der Waals surface area contributed by atoms with Gasteiger partial charge in [-0.2, -0.15) is 0 Å². The smallest absolute Gasteiger partial charge is 0.125 e. The van der Waals surface area contributed by atoms with E-state index in [1.165, 1.54) is 23.3 Å². The van der Waals surface area contributed by atoms with Crippen molar-refractivity contribution in [2.24, 2.45) is 0 Å². The van der Waals surface area contributed by atoms with Gasteiger partial charge in [-0.05, 0) is 60.9 Å². The van der Waals surface area contributed by atoms with Crippen molar-refractivity contribution in [1.29, 1.82) is 0 Å². The molecular formula is C17H18FNO. The first-order valence-electron chi connectivity index (χ1n) is 6.91. The molecule has 1 unspecified atom stereocenters. The van der Waals surface area contributed by atoms with Crippen molar-refractivity contribution in [3.05, 3.63) is 58.9 Å². The van der Waals surface area contributed by atoms with Gasteiger partial charge in [0.2, 0.25) is 0 Å². The number of fused-ring (bicyclic) bond motifs is 1. The Labute approximate surface area is 118 Å². The highest BCUT2D eigenvalue weighted by Gasteiger charge is 2.14. The molecule has 2 nitrogen and oxygen atoms in total. The lowest BCUT2D eigenvalue weighted by molar-refractivity contribution is 0.357. The summed E-state index contributed by atoms with van der Waals surface area (Å²) in [5.41, 5.74) is 4.18. The van der Waals surface area contributed by atoms with Gasteiger partial charge in [0.05, 0.1) is 6.61 Å². The van der Waals surface area contributed by atoms with Gasteiger partial charge in [-0.3, -0.25) is 0 Å². The number of aryl methyl sites for hydroxylation is 1. The molecule has 1 aliphatic rings. The quantitative estimate of drug-likeness (QED) is 0.901. The van der Waals surface area contributed by atoms with Crippen LogP contribution >= 0.6 is 0 Å². The molecule has 1 aliphatic heterocycles. The number of halogens is 1. The average Bonchev–Trinajstić information content (AvgIpc) is 2.84. The maximum absolute atomic E-state index is 13.4. The lowest BCUT2D eigenvalue weighted by atomic mass is 10.0. The molecule has 2 aromatic rings. The topological polar surface area (TPSA) is 21.3 Å². The Morgan fingerprint density at radius 1 is 1.20 bits per heavy atom. The van der Waals surface area contributed by atoms with Gasteiger partial charge in [-0.15, -0.1) is 0 Å². The number of rotatable bonds is 3. The molecule has 3 heteroatoms. The van der Waals surface area contributed by atoms with E-state index in [0.29, 0.717) is 0 Å². The first-order valence-corrected chi connectivity index (χ1v) is 6.91. The van der Waals surface area contributed by atoms with E-state index in [9.17, 15) is 4.39 Å². The lowest BCUT2D eigenvalue weighted by Gasteiger charge is -2.17. The number of nitrogens with one attached hydrogen (secondary N) is 1. The van der Waals surface area contributed by atoms with Crippen molar-refractivity contribution in [3.8, 4) is 5.75 Å². The van der Waals surface area contributed by atoms with E-state index < -0.39 is 0 Å². The molecule has 0 aromatic heterocycles. The molecule has 0 amide bonds. The Morgan fingerprint density at radius 2 is 2.05 bits per heavy atom. The van der Waals surface area contributed by atoms with Crippen LogP contribution in [0, 0.1) is 12.7 Å². The maximum Gasteiger partial charge on any atom is 0.125 e. The summed E-state index contributed by atoms with van der Waals surface area (Å²) in [7, 11) is 0. The summed E-state index contributed by atoms with van der Waals surface area (Å²) in [4.78, 5) is 0. The highest BCUT2D eigenvalue weighted by atomic mass is 19.1. The third-order valence-corrected chi connectivity index (χ3v) is 3.64. The standard InChI is InChI=1S/C17H18FNO/c1-11-7-15(18)10-16(8-11)19-12(2)13-3-4-17-14(9-13)5-6-20-17/h3-4,7-10,12,19H,5-6H2,1-2H3. The summed E-state index contributed by atoms with van der Waals surface area (Å²) >= 11 is 0. The van der Waals surface area contributed by atoms with Crippen LogP contribution in [0.4, 0.5) is 10.1 Å². The normalized spacial score (nSPS) is 14.6. The summed E-state index contributed by atoms with van der Waals surface area (Å²) < 4.78 is 18.9. The molecule has 0 saturated heterocycles. The fourth-order valence-electron chi connectivity index (χ4n) is 2.63. The summed E-state index contributed by atoms with van der Waals surface area (Å²) in [5.74, 6) is 0.782. The van der Waals surface area contributed by atoms with Crippen LogP contribution in [0.5, 0.6) is 5.75 Å². The van der Waals surface area contributed by atoms with Crippen molar-refractivity contribution in [2.75, 3.05) is 11.9 Å². The van der Waals surface area contributed by atoms with Crippen molar-refractivity contribution in [1.82, 2.24) is 0 Å². The molecule has 0 bridgehead atoms. The van der Waals surface area contributed by atoms with Gasteiger partial charge in [0.15, 0.2) is 0 Å². The largest absolute Gasteiger partial charge is 0.493 e. The molecule has 0 fully saturated rings. The SMILES string of the molecule is Cc1cc(F)cc(NC(C)c2ccc3c(c2)CCO3)c1. The highest BCUT2D eigenvalue weighted by molar-refractivity contribution is 5.49. The van der Waals surface area contributed by atoms with Crippen LogP contribution in [-0.2, 0) is 6.42 Å². The number of benzene rings is 2. The Hall–Kier alpha value is -2.03. The fourth-order valence-corrected chi connectivity index (χ4v) is 2.63. The summed E-state index contributed by atoms with van der Waals surface area (Å²) in [6.45, 7) is 4.74. The summed E-state index contributed by atoms with van der Waals surface area (Å²) in [6.07, 6.45) is 0.967. The lowest BCUT2D eigenvalue weighted by Crippen LogP contribution is -2.07. The van der Waals surface area contributed by atoms with Crippen molar-refractivity contribution in [3.63, 3.8) is 0 Å². The first kappa shape index (κ1) is 13.0. The monoisotopic (exact) mass is 271 g/mol. The number of hydrogen-bond acceptors (Lipinski definition) is 2. The van der Waals surface area contributed by atoms with Gasteiger partial charge in [0.25, 0.3) is 0 Å². The fraction of sp³-hybridized carbons (Fsp3) is 0.294. The Morgan fingerprint density at radius 3 is 2.85 bits per heavy atom. The Bertz CT molecular complexity index is 619. The maximum atomic E-state index is 13.4. The third kappa shape index (κ3) is 2.62. The van der Waals surface area contributed by atoms with Crippen molar-refractivity contribution in [2.45, 2.75) is 26.3 Å². The van der Waals surface area contributed by atoms with E-state index >= 15 is 0 Å². The van der Waals surface area contributed by atoms with Crippen LogP contribution in [0.2, 0.25) is 0 Å². The second kappa shape index (κ2) is 5.16. The van der Waals surface area contributed by atoms with E-state index in [-0.39, 0.29) is 11.9 Å². The van der Waals surface area contributed by atoms with Gasteiger partial charge in [0, 0.05) is 18.2 Å². The number of anilines is 1. The van der Waals surface area contributed by atoms with E-state index in [0.717, 1.165) is 30.0 Å². The molecule has 3 rings (SSSR count). The predicted molar refractivity (Wildman–Crippen MR) is 78.8 cm³/mol. The zero-order valence-corrected chi connectivity index (χ0v) is 11.7. The minimum atomic E-state index is -0.206. The molecule has 104 valence electrons. The summed E-state index contributed by atoms with van der Waals surface area (Å²) in [6, 6.07) is 11.4. The molecule has 1 heterocycles. The first-order chi connectivity index (χ1) is 9.61. The zero-order valence-electron chi connectivity index (χ0n) is 11.7. The molecule has 2 aromatic carbocycles. The Kier molecular flexibility index (Phi) is 3.35. The third-order valence-electron chi connectivity index (χ3n) is 3.64. The molecular weight excluding hydrogens is 253 g/mol. The van der Waals surface area contributed by atoms with E-state index in [4.69, 9.17) is 4.74 Å². The van der Waals surface area contributed by atoms with Crippen LogP contribution in [0.15, 0.2) is 36.4 Å². The van der Waals surface area contributed by atoms with Gasteiger partial charge in [-0.1, -0.05) is 6.07 Å². The minimum Gasteiger partial charge on any atom is -0.493 e. The molecule has 0 radical (unpaired) electrons. The average molecular weight is 271 g/mol. The van der Waals surface area contributed by atoms with Crippen LogP contribution in [0.25, 0.3) is 0 Å². The van der Waals surface area contributed by atoms with Gasteiger partial charge >= 0.3 is 0 Å². The van der Waals surface area contributed by atoms with E-state index in [1.54, 1.807) is 0 Å². The van der Waals surface area contributed by atoms with Crippen molar-refractivity contribution >= 4 is 5.69 Å². The predicted octanol–water partition coefficient (Wildman–Crippen LogP) is 4.24. The molecule has 1 N–H and O–H groups in total. The van der Waals surface area contributed by atoms with Gasteiger partial charge in [0.1, 0.15) is 11.6 Å². The highest BCUT2D eigenvalue weighted by Crippen LogP contribution is 2.29. The van der Waals surface area contributed by atoms with Crippen LogP contribution in [-0.4, -0.2) is 6.61 Å². The summed E-state index contributed by atoms with van der Waals surface area (Å²) in [5, 5.41) is 3.35. The zero-order chi connectivity index (χ0) is 14.1. The minimum absolute atomic E-state index is 0.127.